The molecule has 2 rings (SSSR count). The van der Waals surface area contributed by atoms with Crippen LogP contribution in [0.1, 0.15) is 77.7 Å². The van der Waals surface area contributed by atoms with Crippen molar-refractivity contribution in [3.05, 3.63) is 29.8 Å². The monoisotopic (exact) mass is 522 g/mol. The molecule has 1 aliphatic heterocycles. The summed E-state index contributed by atoms with van der Waals surface area (Å²) in [7, 11) is 2.31. The van der Waals surface area contributed by atoms with Crippen LogP contribution >= 0.6 is 0 Å². The van der Waals surface area contributed by atoms with Gasteiger partial charge in [-0.2, -0.15) is 0 Å². The Morgan fingerprint density at radius 2 is 1.47 bits per heavy atom. The average molecular weight is 521 g/mol. The molecule has 0 unspecified atom stereocenters. The molecule has 1 fully saturated rings. The molecule has 0 spiro atoms. The Hall–Kier alpha value is -0.0613. The van der Waals surface area contributed by atoms with E-state index in [2.05, 4.69) is 61.9 Å². The third kappa shape index (κ3) is 8.82. The summed E-state index contributed by atoms with van der Waals surface area (Å²) >= 11 is -2.29. The molecule has 172 valence electrons. The molecule has 0 saturated carbocycles. The molecule has 1 aromatic carbocycles. The number of hydrogen-bond donors (Lipinski definition) is 0. The molecule has 0 N–H and O–H groups in total. The predicted octanol–water partition coefficient (Wildman–Crippen LogP) is 6.31. The van der Waals surface area contributed by atoms with E-state index >= 15 is 0 Å². The van der Waals surface area contributed by atoms with E-state index in [-0.39, 0.29) is 0 Å². The molecule has 1 aromatic rings. The van der Waals surface area contributed by atoms with Crippen LogP contribution in [0.15, 0.2) is 24.3 Å². The molecule has 2 nitrogen and oxygen atoms in total. The van der Waals surface area contributed by atoms with Crippen molar-refractivity contribution in [3.8, 4) is 0 Å². The van der Waals surface area contributed by atoms with Gasteiger partial charge in [-0.05, 0) is 0 Å². The van der Waals surface area contributed by atoms with Crippen LogP contribution in [-0.2, 0) is 6.42 Å². The number of likely N-dealkylation sites (N-methyl/N-ethyl adjacent to an activating group) is 1. The van der Waals surface area contributed by atoms with Crippen LogP contribution in [0.4, 0.5) is 0 Å². The fourth-order valence-corrected chi connectivity index (χ4v) is 21.3. The van der Waals surface area contributed by atoms with E-state index in [0.717, 1.165) is 0 Å². The van der Waals surface area contributed by atoms with Crippen molar-refractivity contribution < 1.29 is 0 Å². The maximum atomic E-state index is 2.67. The van der Waals surface area contributed by atoms with Gasteiger partial charge in [-0.1, -0.05) is 0 Å². The molecule has 0 atom stereocenters. The van der Waals surface area contributed by atoms with Crippen LogP contribution in [0, 0.1) is 0 Å². The van der Waals surface area contributed by atoms with Crippen LogP contribution in [0.2, 0.25) is 13.3 Å². The van der Waals surface area contributed by atoms with Gasteiger partial charge in [0.15, 0.2) is 0 Å². The first kappa shape index (κ1) is 26.2. The Balaban J connectivity index is 2.01. The second-order valence-corrected chi connectivity index (χ2v) is 23.1. The average Bonchev–Trinajstić information content (AvgIpc) is 3.30. The summed E-state index contributed by atoms with van der Waals surface area (Å²) in [5.74, 6) is 0. The van der Waals surface area contributed by atoms with Gasteiger partial charge in [-0.3, -0.25) is 0 Å². The van der Waals surface area contributed by atoms with Crippen LogP contribution in [0.3, 0.4) is 0 Å². The summed E-state index contributed by atoms with van der Waals surface area (Å²) in [6.45, 7) is 13.4. The molecular formula is C27H50N2Sn. The second kappa shape index (κ2) is 14.9. The first-order chi connectivity index (χ1) is 14.6. The number of benzene rings is 1. The van der Waals surface area contributed by atoms with Crippen molar-refractivity contribution >= 4 is 22.0 Å². The molecule has 30 heavy (non-hydrogen) atoms. The summed E-state index contributed by atoms with van der Waals surface area (Å²) in [5, 5.41) is 0. The molecule has 0 radical (unpaired) electrons. The molecule has 0 bridgehead atoms. The molecule has 0 aromatic heterocycles. The number of hydrogen-bond acceptors (Lipinski definition) is 2. The van der Waals surface area contributed by atoms with Crippen LogP contribution in [-0.4, -0.2) is 67.9 Å². The summed E-state index contributed by atoms with van der Waals surface area (Å²) in [4.78, 5) is 5.18. The molecule has 0 aliphatic carbocycles. The summed E-state index contributed by atoms with van der Waals surface area (Å²) in [6.07, 6.45) is 12.4. The molecule has 3 heteroatoms. The minimum absolute atomic E-state index is 1.19. The first-order valence-corrected chi connectivity index (χ1v) is 20.6. The van der Waals surface area contributed by atoms with Gasteiger partial charge in [0, 0.05) is 0 Å². The Labute approximate surface area is 192 Å². The topological polar surface area (TPSA) is 6.48 Å². The van der Waals surface area contributed by atoms with E-state index < -0.39 is 18.4 Å². The van der Waals surface area contributed by atoms with Crippen molar-refractivity contribution in [3.63, 3.8) is 0 Å². The summed E-state index contributed by atoms with van der Waals surface area (Å²) < 4.78 is 6.57. The van der Waals surface area contributed by atoms with Crippen molar-refractivity contribution in [1.82, 2.24) is 9.80 Å². The Kier molecular flexibility index (Phi) is 13.0. The quantitative estimate of drug-likeness (QED) is 0.235. The van der Waals surface area contributed by atoms with E-state index in [4.69, 9.17) is 0 Å². The van der Waals surface area contributed by atoms with Crippen molar-refractivity contribution in [2.24, 2.45) is 0 Å². The van der Waals surface area contributed by atoms with Gasteiger partial charge < -0.3 is 0 Å². The fraction of sp³-hybridized carbons (Fsp3) is 0.778. The number of rotatable bonds is 16. The molecular weight excluding hydrogens is 471 g/mol. The van der Waals surface area contributed by atoms with E-state index in [1.807, 2.05) is 3.58 Å². The van der Waals surface area contributed by atoms with Crippen LogP contribution < -0.4 is 3.58 Å². The molecule has 1 aliphatic rings. The fourth-order valence-electron chi connectivity index (χ4n) is 5.16. The zero-order valence-corrected chi connectivity index (χ0v) is 23.6. The van der Waals surface area contributed by atoms with E-state index in [9.17, 15) is 0 Å². The normalized spacial score (nSPS) is 15.4. The predicted molar refractivity (Wildman–Crippen MR) is 138 cm³/mol. The Bertz CT molecular complexity index is 546. The van der Waals surface area contributed by atoms with Gasteiger partial charge in [0.25, 0.3) is 0 Å². The summed E-state index contributed by atoms with van der Waals surface area (Å²) in [5.41, 5.74) is 1.59. The number of unbranched alkanes of at least 4 members (excludes halogenated alkanes) is 3. The van der Waals surface area contributed by atoms with Crippen molar-refractivity contribution in [2.75, 3.05) is 39.8 Å². The Morgan fingerprint density at radius 3 is 2.03 bits per heavy atom. The molecule has 1 heterocycles. The number of nitrogens with zero attached hydrogens (tertiary/aromatic N) is 2. The standard InChI is InChI=1S/C15H23N2.3C4H9.Sn/c1-16(13-14-17-10-5-6-11-17)12-9-15-7-3-2-4-8-15;3*1-3-4-2;/h2-3,7-8H,5-6,9-14H2,1H3;3*1,3-4H2,2H3;. The van der Waals surface area contributed by atoms with Gasteiger partial charge in [-0.25, -0.2) is 0 Å². The van der Waals surface area contributed by atoms with Crippen LogP contribution in [0.5, 0.6) is 0 Å². The van der Waals surface area contributed by atoms with Crippen molar-refractivity contribution in [2.45, 2.75) is 91.9 Å². The summed E-state index contributed by atoms with van der Waals surface area (Å²) in [6, 6.07) is 10.0. The van der Waals surface area contributed by atoms with Gasteiger partial charge in [0.1, 0.15) is 0 Å². The number of likely N-dealkylation sites (tertiary alicyclic amines) is 1. The first-order valence-electron chi connectivity index (χ1n) is 13.1. The van der Waals surface area contributed by atoms with E-state index in [0.29, 0.717) is 0 Å². The maximum absolute atomic E-state index is 2.67. The zero-order valence-electron chi connectivity index (χ0n) is 20.7. The van der Waals surface area contributed by atoms with Gasteiger partial charge >= 0.3 is 193 Å². The SMILES string of the molecule is CCC[CH2][Sn]([CH2]CCC)([CH2]CCC)[c]1cccc(CCN(C)CCN2CCCC2)c1. The zero-order chi connectivity index (χ0) is 21.7. The third-order valence-electron chi connectivity index (χ3n) is 7.34. The third-order valence-corrected chi connectivity index (χ3v) is 23.0. The second-order valence-electron chi connectivity index (χ2n) is 9.89. The Morgan fingerprint density at radius 1 is 0.867 bits per heavy atom. The van der Waals surface area contributed by atoms with E-state index in [1.54, 1.807) is 18.9 Å². The van der Waals surface area contributed by atoms with E-state index in [1.165, 1.54) is 90.5 Å². The van der Waals surface area contributed by atoms with Crippen molar-refractivity contribution in [1.29, 1.82) is 0 Å². The van der Waals surface area contributed by atoms with Gasteiger partial charge in [0.2, 0.25) is 0 Å². The minimum atomic E-state index is -2.29. The van der Waals surface area contributed by atoms with Crippen LogP contribution in [0.25, 0.3) is 0 Å². The molecule has 1 saturated heterocycles. The molecule has 0 amide bonds. The van der Waals surface area contributed by atoms with Gasteiger partial charge in [-0.15, -0.1) is 0 Å². The van der Waals surface area contributed by atoms with Gasteiger partial charge in [0.05, 0.1) is 0 Å².